The standard InChI is InChI=1S/C12H27NO2/c1-9(2)11(6-7-14)13-12(8-15-5)10(3)4/h9-14H,6-8H2,1-5H3. The minimum atomic E-state index is 0.244. The van der Waals surface area contributed by atoms with Crippen LogP contribution in [0.4, 0.5) is 0 Å². The number of hydrogen-bond acceptors (Lipinski definition) is 3. The van der Waals surface area contributed by atoms with Gasteiger partial charge in [-0.25, -0.2) is 0 Å². The molecule has 3 nitrogen and oxygen atoms in total. The second-order valence-electron chi connectivity index (χ2n) is 4.84. The van der Waals surface area contributed by atoms with Crippen molar-refractivity contribution in [3.63, 3.8) is 0 Å². The van der Waals surface area contributed by atoms with Crippen molar-refractivity contribution in [1.29, 1.82) is 0 Å². The predicted molar refractivity (Wildman–Crippen MR) is 64.0 cm³/mol. The molecule has 0 aliphatic carbocycles. The van der Waals surface area contributed by atoms with Crippen LogP contribution in [-0.4, -0.2) is 37.5 Å². The van der Waals surface area contributed by atoms with Gasteiger partial charge in [0.1, 0.15) is 0 Å². The maximum absolute atomic E-state index is 9.00. The molecular formula is C12H27NO2. The summed E-state index contributed by atoms with van der Waals surface area (Å²) in [6, 6.07) is 0.742. The highest BCUT2D eigenvalue weighted by Crippen LogP contribution is 2.10. The van der Waals surface area contributed by atoms with Crippen LogP contribution < -0.4 is 5.32 Å². The van der Waals surface area contributed by atoms with Crippen molar-refractivity contribution in [1.82, 2.24) is 5.32 Å². The van der Waals surface area contributed by atoms with Gasteiger partial charge in [0.2, 0.25) is 0 Å². The maximum atomic E-state index is 9.00. The van der Waals surface area contributed by atoms with Gasteiger partial charge in [-0.15, -0.1) is 0 Å². The van der Waals surface area contributed by atoms with Crippen molar-refractivity contribution in [2.24, 2.45) is 11.8 Å². The first-order valence-corrected chi connectivity index (χ1v) is 5.88. The first kappa shape index (κ1) is 14.9. The molecule has 0 amide bonds. The van der Waals surface area contributed by atoms with Gasteiger partial charge < -0.3 is 15.2 Å². The Morgan fingerprint density at radius 3 is 1.93 bits per heavy atom. The first-order valence-electron chi connectivity index (χ1n) is 5.88. The van der Waals surface area contributed by atoms with Crippen molar-refractivity contribution in [3.05, 3.63) is 0 Å². The van der Waals surface area contributed by atoms with Crippen LogP contribution in [0.1, 0.15) is 34.1 Å². The van der Waals surface area contributed by atoms with E-state index >= 15 is 0 Å². The minimum Gasteiger partial charge on any atom is -0.396 e. The molecular weight excluding hydrogens is 190 g/mol. The average molecular weight is 217 g/mol. The third kappa shape index (κ3) is 6.13. The Morgan fingerprint density at radius 1 is 1.07 bits per heavy atom. The first-order chi connectivity index (χ1) is 7.02. The third-order valence-electron chi connectivity index (χ3n) is 2.82. The van der Waals surface area contributed by atoms with Crippen molar-refractivity contribution in [3.8, 4) is 0 Å². The smallest absolute Gasteiger partial charge is 0.0618 e. The molecule has 0 aromatic heterocycles. The van der Waals surface area contributed by atoms with Crippen LogP contribution in [-0.2, 0) is 4.74 Å². The Morgan fingerprint density at radius 2 is 1.60 bits per heavy atom. The highest BCUT2D eigenvalue weighted by molar-refractivity contribution is 4.78. The lowest BCUT2D eigenvalue weighted by Gasteiger charge is -2.30. The van der Waals surface area contributed by atoms with E-state index in [2.05, 4.69) is 33.0 Å². The van der Waals surface area contributed by atoms with Crippen LogP contribution in [0.15, 0.2) is 0 Å². The zero-order valence-electron chi connectivity index (χ0n) is 10.8. The number of methoxy groups -OCH3 is 1. The number of aliphatic hydroxyl groups excluding tert-OH is 1. The molecule has 0 aromatic carbocycles. The van der Waals surface area contributed by atoms with E-state index < -0.39 is 0 Å². The number of aliphatic hydroxyl groups is 1. The van der Waals surface area contributed by atoms with Crippen LogP contribution in [0, 0.1) is 11.8 Å². The number of rotatable bonds is 8. The van der Waals surface area contributed by atoms with Gasteiger partial charge in [0.15, 0.2) is 0 Å². The van der Waals surface area contributed by atoms with Gasteiger partial charge >= 0.3 is 0 Å². The molecule has 0 aliphatic rings. The van der Waals surface area contributed by atoms with Crippen LogP contribution in [0.5, 0.6) is 0 Å². The number of hydrogen-bond donors (Lipinski definition) is 2. The highest BCUT2D eigenvalue weighted by atomic mass is 16.5. The summed E-state index contributed by atoms with van der Waals surface area (Å²) in [6.07, 6.45) is 0.810. The zero-order chi connectivity index (χ0) is 11.8. The molecule has 0 bridgehead atoms. The van der Waals surface area contributed by atoms with E-state index in [1.54, 1.807) is 7.11 Å². The summed E-state index contributed by atoms with van der Waals surface area (Å²) >= 11 is 0. The average Bonchev–Trinajstić information content (AvgIpc) is 2.15. The van der Waals surface area contributed by atoms with Gasteiger partial charge in [-0.2, -0.15) is 0 Å². The largest absolute Gasteiger partial charge is 0.396 e. The normalized spacial score (nSPS) is 16.0. The third-order valence-corrected chi connectivity index (χ3v) is 2.82. The molecule has 0 radical (unpaired) electrons. The van der Waals surface area contributed by atoms with E-state index in [0.717, 1.165) is 13.0 Å². The zero-order valence-corrected chi connectivity index (χ0v) is 10.8. The second kappa shape index (κ2) is 8.08. The monoisotopic (exact) mass is 217 g/mol. The van der Waals surface area contributed by atoms with E-state index in [9.17, 15) is 0 Å². The molecule has 0 saturated carbocycles. The van der Waals surface area contributed by atoms with Crippen LogP contribution >= 0.6 is 0 Å². The van der Waals surface area contributed by atoms with Gasteiger partial charge in [0, 0.05) is 25.8 Å². The predicted octanol–water partition coefficient (Wildman–Crippen LogP) is 1.65. The molecule has 0 fully saturated rings. The minimum absolute atomic E-state index is 0.244. The quantitative estimate of drug-likeness (QED) is 0.649. The van der Waals surface area contributed by atoms with Crippen molar-refractivity contribution in [2.45, 2.75) is 46.2 Å². The highest BCUT2D eigenvalue weighted by Gasteiger charge is 2.20. The second-order valence-corrected chi connectivity index (χ2v) is 4.84. The Bertz CT molecular complexity index is 133. The van der Waals surface area contributed by atoms with Gasteiger partial charge in [-0.3, -0.25) is 0 Å². The lowest BCUT2D eigenvalue weighted by molar-refractivity contribution is 0.129. The van der Waals surface area contributed by atoms with Crippen molar-refractivity contribution < 1.29 is 9.84 Å². The molecule has 92 valence electrons. The van der Waals surface area contributed by atoms with Crippen molar-refractivity contribution in [2.75, 3.05) is 20.3 Å². The molecule has 2 unspecified atom stereocenters. The molecule has 2 atom stereocenters. The topological polar surface area (TPSA) is 41.5 Å². The van der Waals surface area contributed by atoms with E-state index in [1.807, 2.05) is 0 Å². The summed E-state index contributed by atoms with van der Waals surface area (Å²) in [7, 11) is 1.73. The van der Waals surface area contributed by atoms with E-state index in [1.165, 1.54) is 0 Å². The van der Waals surface area contributed by atoms with Crippen LogP contribution in [0.2, 0.25) is 0 Å². The van der Waals surface area contributed by atoms with Gasteiger partial charge in [-0.05, 0) is 18.3 Å². The van der Waals surface area contributed by atoms with E-state index in [0.29, 0.717) is 23.9 Å². The van der Waals surface area contributed by atoms with Gasteiger partial charge in [0.05, 0.1) is 6.61 Å². The molecule has 0 aromatic rings. The number of nitrogens with one attached hydrogen (secondary N) is 1. The summed E-state index contributed by atoms with van der Waals surface area (Å²) in [5, 5.41) is 12.6. The summed E-state index contributed by atoms with van der Waals surface area (Å²) in [6.45, 7) is 9.70. The summed E-state index contributed by atoms with van der Waals surface area (Å²) < 4.78 is 5.20. The summed E-state index contributed by atoms with van der Waals surface area (Å²) in [5.41, 5.74) is 0. The summed E-state index contributed by atoms with van der Waals surface area (Å²) in [5.74, 6) is 1.08. The molecule has 0 rings (SSSR count). The Labute approximate surface area is 94.2 Å². The molecule has 0 aliphatic heterocycles. The lowest BCUT2D eigenvalue weighted by atomic mass is 9.97. The molecule has 2 N–H and O–H groups in total. The van der Waals surface area contributed by atoms with E-state index in [-0.39, 0.29) is 6.61 Å². The molecule has 0 saturated heterocycles. The SMILES string of the molecule is COCC(NC(CCO)C(C)C)C(C)C. The van der Waals surface area contributed by atoms with Gasteiger partial charge in [0.25, 0.3) is 0 Å². The fourth-order valence-corrected chi connectivity index (χ4v) is 1.64. The van der Waals surface area contributed by atoms with E-state index in [4.69, 9.17) is 9.84 Å². The fraction of sp³-hybridized carbons (Fsp3) is 1.00. The lowest BCUT2D eigenvalue weighted by Crippen LogP contribution is -2.46. The van der Waals surface area contributed by atoms with Gasteiger partial charge in [-0.1, -0.05) is 27.7 Å². The molecule has 0 spiro atoms. The Balaban J connectivity index is 4.19. The van der Waals surface area contributed by atoms with Crippen LogP contribution in [0.25, 0.3) is 0 Å². The maximum Gasteiger partial charge on any atom is 0.0618 e. The Hall–Kier alpha value is -0.120. The summed E-state index contributed by atoms with van der Waals surface area (Å²) in [4.78, 5) is 0. The fourth-order valence-electron chi connectivity index (χ4n) is 1.64. The van der Waals surface area contributed by atoms with Crippen molar-refractivity contribution >= 4 is 0 Å². The molecule has 3 heteroatoms. The molecule has 0 heterocycles. The Kier molecular flexibility index (Phi) is 8.02. The van der Waals surface area contributed by atoms with Crippen LogP contribution in [0.3, 0.4) is 0 Å². The number of ether oxygens (including phenoxy) is 1. The molecule has 15 heavy (non-hydrogen) atoms.